The number of amides is 2. The zero-order chi connectivity index (χ0) is 15.8. The van der Waals surface area contributed by atoms with Gasteiger partial charge in [0.2, 0.25) is 0 Å². The molecule has 1 rings (SSSR count). The van der Waals surface area contributed by atoms with E-state index in [1.807, 2.05) is 0 Å². The number of anilines is 1. The monoisotopic (exact) mass is 316 g/mol. The van der Waals surface area contributed by atoms with Crippen LogP contribution in [0.5, 0.6) is 0 Å². The molecule has 1 aromatic rings. The van der Waals surface area contributed by atoms with Crippen LogP contribution in [0.2, 0.25) is 5.02 Å². The topological polar surface area (TPSA) is 96.9 Å². The fourth-order valence-electron chi connectivity index (χ4n) is 1.54. The number of hydrogen-bond acceptors (Lipinski definition) is 4. The molecule has 0 heterocycles. The molecule has 116 valence electrons. The van der Waals surface area contributed by atoms with E-state index in [4.69, 9.17) is 26.2 Å². The Kier molecular flexibility index (Phi) is 6.93. The molecule has 0 bridgehead atoms. The van der Waals surface area contributed by atoms with Gasteiger partial charge in [-0.3, -0.25) is 0 Å². The number of nitrogens with one attached hydrogen (secondary N) is 2. The van der Waals surface area contributed by atoms with Crippen LogP contribution in [0.1, 0.15) is 10.4 Å². The van der Waals surface area contributed by atoms with Crippen molar-refractivity contribution in [2.45, 2.75) is 6.10 Å². The Morgan fingerprint density at radius 2 is 2.10 bits per heavy atom. The van der Waals surface area contributed by atoms with Crippen LogP contribution in [0.25, 0.3) is 0 Å². The molecular formula is C13H17ClN2O5. The van der Waals surface area contributed by atoms with E-state index in [-0.39, 0.29) is 23.2 Å². The number of carbonyl (C=O) groups is 2. The maximum Gasteiger partial charge on any atom is 0.337 e. The molecule has 0 radical (unpaired) electrons. The number of methoxy groups -OCH3 is 2. The standard InChI is InChI=1S/C13H17ClN2O5/c1-20-7-9(21-2)6-15-13(19)16-8-3-4-11(14)10(5-8)12(17)18/h3-5,9H,6-7H2,1-2H3,(H,17,18)(H2,15,16,19). The lowest BCUT2D eigenvalue weighted by Gasteiger charge is -2.15. The summed E-state index contributed by atoms with van der Waals surface area (Å²) in [5, 5.41) is 14.2. The summed E-state index contributed by atoms with van der Waals surface area (Å²) in [5.74, 6) is -1.16. The molecule has 0 aliphatic rings. The number of carboxylic acids is 1. The quantitative estimate of drug-likeness (QED) is 0.713. The van der Waals surface area contributed by atoms with Crippen molar-refractivity contribution < 1.29 is 24.2 Å². The minimum Gasteiger partial charge on any atom is -0.478 e. The molecular weight excluding hydrogens is 300 g/mol. The SMILES string of the molecule is COCC(CNC(=O)Nc1ccc(Cl)c(C(=O)O)c1)OC. The van der Waals surface area contributed by atoms with E-state index in [1.54, 1.807) is 0 Å². The van der Waals surface area contributed by atoms with Gasteiger partial charge in [-0.2, -0.15) is 0 Å². The van der Waals surface area contributed by atoms with Crippen LogP contribution in [0.15, 0.2) is 18.2 Å². The van der Waals surface area contributed by atoms with Gasteiger partial charge in [-0.15, -0.1) is 0 Å². The molecule has 2 amide bonds. The Balaban J connectivity index is 2.59. The summed E-state index contributed by atoms with van der Waals surface area (Å²) in [5.41, 5.74) is 0.249. The summed E-state index contributed by atoms with van der Waals surface area (Å²) in [4.78, 5) is 22.6. The first-order valence-corrected chi connectivity index (χ1v) is 6.45. The molecule has 1 unspecified atom stereocenters. The van der Waals surface area contributed by atoms with E-state index in [1.165, 1.54) is 32.4 Å². The van der Waals surface area contributed by atoms with Crippen LogP contribution in [0.4, 0.5) is 10.5 Å². The predicted octanol–water partition coefficient (Wildman–Crippen LogP) is 1.82. The first kappa shape index (κ1) is 17.2. The highest BCUT2D eigenvalue weighted by Gasteiger charge is 2.12. The lowest BCUT2D eigenvalue weighted by Crippen LogP contribution is -2.38. The number of ether oxygens (including phenoxy) is 2. The summed E-state index contributed by atoms with van der Waals surface area (Å²) in [6.45, 7) is 0.608. The molecule has 7 nitrogen and oxygen atoms in total. The number of rotatable bonds is 7. The number of halogens is 1. The highest BCUT2D eigenvalue weighted by atomic mass is 35.5. The van der Waals surface area contributed by atoms with Crippen molar-refractivity contribution in [2.24, 2.45) is 0 Å². The summed E-state index contributed by atoms with van der Waals surface area (Å²) in [6, 6.07) is 3.72. The third-order valence-corrected chi connectivity index (χ3v) is 2.96. The third-order valence-electron chi connectivity index (χ3n) is 2.63. The van der Waals surface area contributed by atoms with E-state index in [0.717, 1.165) is 0 Å². The minimum absolute atomic E-state index is 0.0800. The van der Waals surface area contributed by atoms with Gasteiger partial charge < -0.3 is 25.2 Å². The van der Waals surface area contributed by atoms with Crippen molar-refractivity contribution in [1.29, 1.82) is 0 Å². The number of urea groups is 1. The van der Waals surface area contributed by atoms with Gasteiger partial charge in [-0.1, -0.05) is 11.6 Å². The Morgan fingerprint density at radius 1 is 1.38 bits per heavy atom. The van der Waals surface area contributed by atoms with Crippen LogP contribution in [0.3, 0.4) is 0 Å². The molecule has 0 saturated heterocycles. The second kappa shape index (κ2) is 8.46. The van der Waals surface area contributed by atoms with Crippen molar-refractivity contribution in [3.8, 4) is 0 Å². The molecule has 8 heteroatoms. The number of carboxylic acid groups (broad SMARTS) is 1. The maximum absolute atomic E-state index is 11.7. The van der Waals surface area contributed by atoms with E-state index >= 15 is 0 Å². The van der Waals surface area contributed by atoms with Gasteiger partial charge in [-0.05, 0) is 18.2 Å². The lowest BCUT2D eigenvalue weighted by atomic mass is 10.2. The molecule has 0 aliphatic heterocycles. The zero-order valence-corrected chi connectivity index (χ0v) is 12.4. The number of carbonyl (C=O) groups excluding carboxylic acids is 1. The van der Waals surface area contributed by atoms with Gasteiger partial charge in [0.15, 0.2) is 0 Å². The Morgan fingerprint density at radius 3 is 2.67 bits per heavy atom. The van der Waals surface area contributed by atoms with Crippen LogP contribution < -0.4 is 10.6 Å². The molecule has 1 aromatic carbocycles. The Labute approximate surface area is 127 Å². The van der Waals surface area contributed by atoms with Crippen molar-refractivity contribution in [3.63, 3.8) is 0 Å². The molecule has 21 heavy (non-hydrogen) atoms. The normalized spacial score (nSPS) is 11.8. The molecule has 0 spiro atoms. The average molecular weight is 317 g/mol. The first-order chi connectivity index (χ1) is 9.97. The minimum atomic E-state index is -1.16. The van der Waals surface area contributed by atoms with Crippen LogP contribution in [-0.4, -0.2) is 50.6 Å². The summed E-state index contributed by atoms with van der Waals surface area (Å²) < 4.78 is 10.0. The van der Waals surface area contributed by atoms with Crippen molar-refractivity contribution in [3.05, 3.63) is 28.8 Å². The summed E-state index contributed by atoms with van der Waals surface area (Å²) >= 11 is 5.74. The van der Waals surface area contributed by atoms with Crippen LogP contribution in [0, 0.1) is 0 Å². The van der Waals surface area contributed by atoms with E-state index < -0.39 is 12.0 Å². The number of aromatic carboxylic acids is 1. The molecule has 1 atom stereocenters. The van der Waals surface area contributed by atoms with Crippen LogP contribution >= 0.6 is 11.6 Å². The molecule has 0 fully saturated rings. The number of hydrogen-bond donors (Lipinski definition) is 3. The highest BCUT2D eigenvalue weighted by molar-refractivity contribution is 6.33. The molecule has 0 aliphatic carbocycles. The second-order valence-corrected chi connectivity index (χ2v) is 4.56. The second-order valence-electron chi connectivity index (χ2n) is 4.15. The molecule has 0 saturated carbocycles. The average Bonchev–Trinajstić information content (AvgIpc) is 2.45. The van der Waals surface area contributed by atoms with Crippen molar-refractivity contribution in [1.82, 2.24) is 5.32 Å². The van der Waals surface area contributed by atoms with Crippen LogP contribution in [-0.2, 0) is 9.47 Å². The van der Waals surface area contributed by atoms with Gasteiger partial charge in [-0.25, -0.2) is 9.59 Å². The smallest absolute Gasteiger partial charge is 0.337 e. The first-order valence-electron chi connectivity index (χ1n) is 6.07. The van der Waals surface area contributed by atoms with Gasteiger partial charge in [0.05, 0.1) is 23.3 Å². The van der Waals surface area contributed by atoms with Crippen molar-refractivity contribution >= 4 is 29.3 Å². The number of benzene rings is 1. The fourth-order valence-corrected chi connectivity index (χ4v) is 1.74. The summed E-state index contributed by atoms with van der Waals surface area (Å²) in [7, 11) is 3.05. The lowest BCUT2D eigenvalue weighted by molar-refractivity contribution is 0.0307. The Hall–Kier alpha value is -1.83. The van der Waals surface area contributed by atoms with E-state index in [2.05, 4.69) is 10.6 Å². The third kappa shape index (κ3) is 5.58. The largest absolute Gasteiger partial charge is 0.478 e. The zero-order valence-electron chi connectivity index (χ0n) is 11.7. The molecule has 0 aromatic heterocycles. The van der Waals surface area contributed by atoms with Gasteiger partial charge in [0, 0.05) is 26.5 Å². The van der Waals surface area contributed by atoms with Gasteiger partial charge in [0.25, 0.3) is 0 Å². The fraction of sp³-hybridized carbons (Fsp3) is 0.385. The maximum atomic E-state index is 11.7. The summed E-state index contributed by atoms with van der Waals surface area (Å²) in [6.07, 6.45) is -0.263. The van der Waals surface area contributed by atoms with E-state index in [0.29, 0.717) is 12.3 Å². The molecule has 3 N–H and O–H groups in total. The van der Waals surface area contributed by atoms with Gasteiger partial charge >= 0.3 is 12.0 Å². The van der Waals surface area contributed by atoms with Crippen molar-refractivity contribution in [2.75, 3.05) is 32.7 Å². The van der Waals surface area contributed by atoms with E-state index in [9.17, 15) is 9.59 Å². The highest BCUT2D eigenvalue weighted by Crippen LogP contribution is 2.20. The Bertz CT molecular complexity index is 509. The van der Waals surface area contributed by atoms with Gasteiger partial charge in [0.1, 0.15) is 0 Å². The predicted molar refractivity (Wildman–Crippen MR) is 78.1 cm³/mol.